The monoisotopic (exact) mass is 323 g/mol. The Hall–Kier alpha value is -1.67. The highest BCUT2D eigenvalue weighted by Gasteiger charge is 2.21. The van der Waals surface area contributed by atoms with E-state index in [0.717, 1.165) is 28.1 Å². The fourth-order valence-corrected chi connectivity index (χ4v) is 3.95. The van der Waals surface area contributed by atoms with Crippen molar-refractivity contribution in [1.29, 1.82) is 0 Å². The van der Waals surface area contributed by atoms with E-state index in [9.17, 15) is 4.79 Å². The molecular weight excluding hydrogens is 306 g/mol. The summed E-state index contributed by atoms with van der Waals surface area (Å²) < 4.78 is 0. The third kappa shape index (κ3) is 3.16. The first kappa shape index (κ1) is 14.3. The van der Waals surface area contributed by atoms with Crippen LogP contribution >= 0.6 is 22.7 Å². The summed E-state index contributed by atoms with van der Waals surface area (Å²) in [6, 6.07) is 0. The van der Waals surface area contributed by atoms with Crippen molar-refractivity contribution in [1.82, 2.24) is 15.3 Å². The minimum atomic E-state index is -0.165. The topological polar surface area (TPSA) is 84.1 Å². The molecule has 0 spiro atoms. The summed E-state index contributed by atoms with van der Waals surface area (Å²) in [5.74, 6) is 0.154. The Bertz CT molecular complexity index is 645. The average molecular weight is 323 g/mol. The maximum absolute atomic E-state index is 12.2. The van der Waals surface area contributed by atoms with E-state index in [1.165, 1.54) is 24.2 Å². The molecule has 2 aromatic heterocycles. The van der Waals surface area contributed by atoms with Crippen LogP contribution in [0.3, 0.4) is 0 Å². The highest BCUT2D eigenvalue weighted by Crippen LogP contribution is 2.30. The Morgan fingerprint density at radius 3 is 2.86 bits per heavy atom. The van der Waals surface area contributed by atoms with Crippen LogP contribution in [0.15, 0.2) is 6.20 Å². The number of nitrogens with two attached hydrogens (primary N) is 1. The minimum absolute atomic E-state index is 0.165. The van der Waals surface area contributed by atoms with Crippen molar-refractivity contribution in [2.24, 2.45) is 0 Å². The van der Waals surface area contributed by atoms with Crippen molar-refractivity contribution in [2.75, 3.05) is 23.7 Å². The Balaban J connectivity index is 1.66. The Labute approximate surface area is 131 Å². The maximum Gasteiger partial charge on any atom is 0.265 e. The first-order valence-electron chi connectivity index (χ1n) is 6.84. The van der Waals surface area contributed by atoms with E-state index in [0.29, 0.717) is 17.2 Å². The van der Waals surface area contributed by atoms with E-state index in [4.69, 9.17) is 5.73 Å². The molecule has 0 atom stereocenters. The fourth-order valence-electron chi connectivity index (χ4n) is 2.26. The lowest BCUT2D eigenvalue weighted by Crippen LogP contribution is -2.22. The molecule has 2 aromatic rings. The van der Waals surface area contributed by atoms with E-state index >= 15 is 0 Å². The lowest BCUT2D eigenvalue weighted by Gasteiger charge is -2.11. The molecule has 8 heteroatoms. The molecule has 0 saturated carbocycles. The molecule has 1 amide bonds. The van der Waals surface area contributed by atoms with Crippen molar-refractivity contribution in [2.45, 2.75) is 26.3 Å². The van der Waals surface area contributed by atoms with Crippen LogP contribution in [0.5, 0.6) is 0 Å². The largest absolute Gasteiger partial charge is 0.382 e. The molecule has 1 fully saturated rings. The molecular formula is C13H17N5OS2. The second-order valence-corrected chi connectivity index (χ2v) is 7.23. The van der Waals surface area contributed by atoms with Crippen molar-refractivity contribution >= 4 is 39.5 Å². The predicted octanol–water partition coefficient (Wildman–Crippen LogP) is 2.02. The molecule has 0 bridgehead atoms. The van der Waals surface area contributed by atoms with Gasteiger partial charge in [-0.3, -0.25) is 4.79 Å². The van der Waals surface area contributed by atoms with Gasteiger partial charge < -0.3 is 16.0 Å². The van der Waals surface area contributed by atoms with Crippen LogP contribution in [0.1, 0.15) is 32.4 Å². The summed E-state index contributed by atoms with van der Waals surface area (Å²) >= 11 is 2.95. The van der Waals surface area contributed by atoms with E-state index in [-0.39, 0.29) is 5.91 Å². The number of rotatable bonds is 4. The second kappa shape index (κ2) is 5.98. The molecule has 0 aromatic carbocycles. The summed E-state index contributed by atoms with van der Waals surface area (Å²) in [4.78, 5) is 24.4. The number of nitrogens with zero attached hydrogens (tertiary/aromatic N) is 3. The maximum atomic E-state index is 12.2. The zero-order chi connectivity index (χ0) is 14.8. The molecule has 0 radical (unpaired) electrons. The quantitative estimate of drug-likeness (QED) is 0.899. The molecule has 3 rings (SSSR count). The summed E-state index contributed by atoms with van der Waals surface area (Å²) in [6.45, 7) is 4.41. The molecule has 21 heavy (non-hydrogen) atoms. The second-order valence-electron chi connectivity index (χ2n) is 4.93. The average Bonchev–Trinajstić information content (AvgIpc) is 3.16. The summed E-state index contributed by atoms with van der Waals surface area (Å²) in [6.07, 6.45) is 4.13. The van der Waals surface area contributed by atoms with E-state index in [2.05, 4.69) is 20.2 Å². The lowest BCUT2D eigenvalue weighted by atomic mass is 10.4. The van der Waals surface area contributed by atoms with Gasteiger partial charge in [0.25, 0.3) is 5.91 Å². The molecule has 1 aliphatic heterocycles. The molecule has 3 heterocycles. The normalized spacial score (nSPS) is 14.6. The number of amides is 1. The van der Waals surface area contributed by atoms with Gasteiger partial charge in [-0.2, -0.15) is 0 Å². The van der Waals surface area contributed by atoms with Gasteiger partial charge in [-0.25, -0.2) is 9.97 Å². The minimum Gasteiger partial charge on any atom is -0.382 e. The van der Waals surface area contributed by atoms with E-state index in [1.807, 2.05) is 6.92 Å². The zero-order valence-corrected chi connectivity index (χ0v) is 13.4. The van der Waals surface area contributed by atoms with Crippen LogP contribution in [0.4, 0.5) is 10.9 Å². The van der Waals surface area contributed by atoms with Crippen LogP contribution in [-0.2, 0) is 6.54 Å². The summed E-state index contributed by atoms with van der Waals surface area (Å²) in [5.41, 5.74) is 5.89. The zero-order valence-electron chi connectivity index (χ0n) is 11.8. The number of thiazole rings is 2. The number of aromatic nitrogens is 2. The van der Waals surface area contributed by atoms with Gasteiger partial charge >= 0.3 is 0 Å². The standard InChI is InChI=1S/C13H17N5OS2/c1-8-15-6-9(20-8)7-16-12(19)10-11(14)17-13(21-10)18-4-2-3-5-18/h6H,2-5,7,14H2,1H3,(H,16,19). The number of nitrogens with one attached hydrogen (secondary N) is 1. The number of anilines is 2. The van der Waals surface area contributed by atoms with Crippen LogP contribution in [0.25, 0.3) is 0 Å². The van der Waals surface area contributed by atoms with Gasteiger partial charge in [0.05, 0.1) is 11.6 Å². The van der Waals surface area contributed by atoms with Gasteiger partial charge in [0.15, 0.2) is 5.13 Å². The van der Waals surface area contributed by atoms with Crippen LogP contribution in [-0.4, -0.2) is 29.0 Å². The Morgan fingerprint density at radius 1 is 1.43 bits per heavy atom. The predicted molar refractivity (Wildman–Crippen MR) is 86.0 cm³/mol. The fraction of sp³-hybridized carbons (Fsp3) is 0.462. The summed E-state index contributed by atoms with van der Waals surface area (Å²) in [7, 11) is 0. The third-order valence-corrected chi connectivity index (χ3v) is 5.36. The van der Waals surface area contributed by atoms with Gasteiger partial charge in [-0.15, -0.1) is 11.3 Å². The van der Waals surface area contributed by atoms with Crippen LogP contribution in [0, 0.1) is 6.92 Å². The lowest BCUT2D eigenvalue weighted by molar-refractivity contribution is 0.0956. The number of aryl methyl sites for hydroxylation is 1. The number of carbonyl (C=O) groups is 1. The molecule has 6 nitrogen and oxygen atoms in total. The number of nitrogen functional groups attached to an aromatic ring is 1. The number of hydrogen-bond acceptors (Lipinski definition) is 7. The van der Waals surface area contributed by atoms with Crippen molar-refractivity contribution in [3.05, 3.63) is 21.0 Å². The molecule has 0 aliphatic carbocycles. The number of hydrogen-bond donors (Lipinski definition) is 2. The molecule has 1 saturated heterocycles. The molecule has 112 valence electrons. The first-order chi connectivity index (χ1) is 10.1. The summed E-state index contributed by atoms with van der Waals surface area (Å²) in [5, 5.41) is 4.72. The van der Waals surface area contributed by atoms with E-state index < -0.39 is 0 Å². The van der Waals surface area contributed by atoms with Crippen LogP contribution in [0.2, 0.25) is 0 Å². The molecule has 1 aliphatic rings. The highest BCUT2D eigenvalue weighted by molar-refractivity contribution is 7.18. The Morgan fingerprint density at radius 2 is 2.19 bits per heavy atom. The van der Waals surface area contributed by atoms with Gasteiger partial charge in [-0.05, 0) is 19.8 Å². The third-order valence-electron chi connectivity index (χ3n) is 3.32. The van der Waals surface area contributed by atoms with Gasteiger partial charge in [-0.1, -0.05) is 11.3 Å². The van der Waals surface area contributed by atoms with E-state index in [1.54, 1.807) is 17.5 Å². The first-order valence-corrected chi connectivity index (χ1v) is 8.47. The van der Waals surface area contributed by atoms with Crippen molar-refractivity contribution < 1.29 is 4.79 Å². The van der Waals surface area contributed by atoms with Crippen molar-refractivity contribution in [3.63, 3.8) is 0 Å². The SMILES string of the molecule is Cc1ncc(CNC(=O)c2sc(N3CCCC3)nc2N)s1. The van der Waals surface area contributed by atoms with Gasteiger partial charge in [0, 0.05) is 24.2 Å². The van der Waals surface area contributed by atoms with Gasteiger partial charge in [0.1, 0.15) is 10.7 Å². The molecule has 3 N–H and O–H groups in total. The Kier molecular flexibility index (Phi) is 4.07. The molecule has 0 unspecified atom stereocenters. The smallest absolute Gasteiger partial charge is 0.265 e. The van der Waals surface area contributed by atoms with Crippen LogP contribution < -0.4 is 16.0 Å². The van der Waals surface area contributed by atoms with Gasteiger partial charge in [0.2, 0.25) is 0 Å². The highest BCUT2D eigenvalue weighted by atomic mass is 32.1. The number of carbonyl (C=O) groups excluding carboxylic acids is 1. The van der Waals surface area contributed by atoms with Crippen molar-refractivity contribution in [3.8, 4) is 0 Å².